The van der Waals surface area contributed by atoms with E-state index >= 15 is 0 Å². The predicted molar refractivity (Wildman–Crippen MR) is 66.9 cm³/mol. The third-order valence-corrected chi connectivity index (χ3v) is 5.09. The molecule has 1 aromatic rings. The quantitative estimate of drug-likeness (QED) is 0.777. The minimum Gasteiger partial charge on any atom is -0.396 e. The Kier molecular flexibility index (Phi) is 3.65. The summed E-state index contributed by atoms with van der Waals surface area (Å²) in [5, 5.41) is 0. The van der Waals surface area contributed by atoms with Crippen LogP contribution in [0.25, 0.3) is 0 Å². The first-order valence-corrected chi connectivity index (χ1v) is 7.25. The fourth-order valence-corrected chi connectivity index (χ4v) is 3.93. The highest BCUT2D eigenvalue weighted by Gasteiger charge is 2.39. The summed E-state index contributed by atoms with van der Waals surface area (Å²) < 4.78 is 52.3. The second-order valence-electron chi connectivity index (χ2n) is 4.48. The highest BCUT2D eigenvalue weighted by Crippen LogP contribution is 2.29. The Hall–Kier alpha value is -1.74. The van der Waals surface area contributed by atoms with Crippen molar-refractivity contribution in [2.24, 2.45) is 5.73 Å². The van der Waals surface area contributed by atoms with Gasteiger partial charge in [-0.3, -0.25) is 4.79 Å². The smallest absolute Gasteiger partial charge is 0.246 e. The van der Waals surface area contributed by atoms with Gasteiger partial charge in [0.1, 0.15) is 22.6 Å². The molecule has 1 aliphatic rings. The molecule has 1 aromatic carbocycles. The molecule has 0 radical (unpaired) electrons. The van der Waals surface area contributed by atoms with Gasteiger partial charge in [0.25, 0.3) is 0 Å². The Labute approximate surface area is 114 Å². The summed E-state index contributed by atoms with van der Waals surface area (Å²) in [5.74, 6) is -3.11. The van der Waals surface area contributed by atoms with Gasteiger partial charge in [0.2, 0.25) is 15.9 Å². The van der Waals surface area contributed by atoms with E-state index < -0.39 is 44.2 Å². The normalized spacial score (nSPS) is 20.2. The molecule has 0 saturated carbocycles. The molecule has 0 aliphatic carbocycles. The van der Waals surface area contributed by atoms with Crippen molar-refractivity contribution >= 4 is 21.6 Å². The van der Waals surface area contributed by atoms with Crippen LogP contribution in [-0.4, -0.2) is 31.2 Å². The molecule has 1 amide bonds. The molecular weight excluding hydrogens is 292 g/mol. The Morgan fingerprint density at radius 2 is 1.95 bits per heavy atom. The number of amides is 1. The van der Waals surface area contributed by atoms with E-state index in [0.29, 0.717) is 18.6 Å². The second kappa shape index (κ2) is 4.98. The number of carbonyl (C=O) groups is 1. The number of benzene rings is 1. The minimum absolute atomic E-state index is 0.0483. The zero-order valence-electron chi connectivity index (χ0n) is 10.3. The molecule has 4 N–H and O–H groups in total. The molecule has 20 heavy (non-hydrogen) atoms. The molecule has 0 bridgehead atoms. The van der Waals surface area contributed by atoms with Gasteiger partial charge in [-0.1, -0.05) is 0 Å². The van der Waals surface area contributed by atoms with Gasteiger partial charge in [0.15, 0.2) is 0 Å². The molecule has 9 heteroatoms. The molecule has 1 unspecified atom stereocenters. The monoisotopic (exact) mass is 305 g/mol. The lowest BCUT2D eigenvalue weighted by Gasteiger charge is -2.22. The number of nitrogens with zero attached hydrogens (tertiary/aromatic N) is 1. The summed E-state index contributed by atoms with van der Waals surface area (Å²) in [7, 11) is -4.29. The van der Waals surface area contributed by atoms with Crippen LogP contribution in [-0.2, 0) is 14.8 Å². The van der Waals surface area contributed by atoms with Gasteiger partial charge in [-0.2, -0.15) is 4.31 Å². The van der Waals surface area contributed by atoms with Crippen LogP contribution in [0, 0.1) is 11.6 Å². The average molecular weight is 305 g/mol. The van der Waals surface area contributed by atoms with Gasteiger partial charge in [-0.05, 0) is 18.9 Å². The second-order valence-corrected chi connectivity index (χ2v) is 6.34. The van der Waals surface area contributed by atoms with Crippen LogP contribution in [0.4, 0.5) is 14.5 Å². The van der Waals surface area contributed by atoms with Crippen molar-refractivity contribution in [2.45, 2.75) is 23.8 Å². The van der Waals surface area contributed by atoms with E-state index in [1.165, 1.54) is 0 Å². The van der Waals surface area contributed by atoms with E-state index in [1.54, 1.807) is 0 Å². The Morgan fingerprint density at radius 1 is 1.30 bits per heavy atom. The first-order valence-electron chi connectivity index (χ1n) is 5.81. The summed E-state index contributed by atoms with van der Waals surface area (Å²) in [4.78, 5) is 10.5. The fourth-order valence-electron chi connectivity index (χ4n) is 2.18. The molecule has 0 spiro atoms. The maximum Gasteiger partial charge on any atom is 0.246 e. The van der Waals surface area contributed by atoms with Crippen molar-refractivity contribution in [3.63, 3.8) is 0 Å². The fraction of sp³-hybridized carbons (Fsp3) is 0.364. The molecule has 1 fully saturated rings. The SMILES string of the molecule is NC(=O)C1CCCN1S(=O)(=O)c1cc(N)c(F)cc1F. The van der Waals surface area contributed by atoms with E-state index in [-0.39, 0.29) is 13.0 Å². The molecule has 2 rings (SSSR count). The maximum atomic E-state index is 13.7. The summed E-state index contributed by atoms with van der Waals surface area (Å²) in [6, 6.07) is 0.0826. The Balaban J connectivity index is 2.50. The van der Waals surface area contributed by atoms with Crippen molar-refractivity contribution in [3.8, 4) is 0 Å². The lowest BCUT2D eigenvalue weighted by atomic mass is 10.2. The number of primary amides is 1. The first kappa shape index (κ1) is 14.7. The number of rotatable bonds is 3. The molecule has 1 aliphatic heterocycles. The highest BCUT2D eigenvalue weighted by molar-refractivity contribution is 7.89. The number of nitrogen functional groups attached to an aromatic ring is 1. The van der Waals surface area contributed by atoms with E-state index in [9.17, 15) is 22.0 Å². The van der Waals surface area contributed by atoms with Crippen molar-refractivity contribution in [1.29, 1.82) is 0 Å². The van der Waals surface area contributed by atoms with Gasteiger partial charge in [0.05, 0.1) is 5.69 Å². The zero-order chi connectivity index (χ0) is 15.1. The minimum atomic E-state index is -4.29. The number of carbonyl (C=O) groups excluding carboxylic acids is 1. The third kappa shape index (κ3) is 2.34. The van der Waals surface area contributed by atoms with E-state index in [2.05, 4.69) is 0 Å². The molecule has 110 valence electrons. The van der Waals surface area contributed by atoms with Gasteiger partial charge in [-0.25, -0.2) is 17.2 Å². The highest BCUT2D eigenvalue weighted by atomic mass is 32.2. The van der Waals surface area contributed by atoms with E-state index in [1.807, 2.05) is 0 Å². The molecule has 1 atom stereocenters. The van der Waals surface area contributed by atoms with Crippen LogP contribution in [0.3, 0.4) is 0 Å². The standard InChI is InChI=1S/C11H13F2N3O3S/c12-6-4-7(13)10(5-8(6)14)20(18,19)16-3-1-2-9(16)11(15)17/h4-5,9H,1-3,14H2,(H2,15,17). The summed E-state index contributed by atoms with van der Waals surface area (Å²) in [6.45, 7) is 0.0483. The third-order valence-electron chi connectivity index (χ3n) is 3.17. The van der Waals surface area contributed by atoms with Crippen LogP contribution < -0.4 is 11.5 Å². The number of halogens is 2. The van der Waals surface area contributed by atoms with Crippen molar-refractivity contribution < 1.29 is 22.0 Å². The Morgan fingerprint density at radius 3 is 2.55 bits per heavy atom. The van der Waals surface area contributed by atoms with Gasteiger partial charge in [0, 0.05) is 12.6 Å². The molecule has 1 saturated heterocycles. The first-order chi connectivity index (χ1) is 9.25. The van der Waals surface area contributed by atoms with Crippen molar-refractivity contribution in [1.82, 2.24) is 4.31 Å². The topological polar surface area (TPSA) is 106 Å². The van der Waals surface area contributed by atoms with Gasteiger partial charge in [-0.15, -0.1) is 0 Å². The molecule has 1 heterocycles. The number of anilines is 1. The zero-order valence-corrected chi connectivity index (χ0v) is 11.2. The van der Waals surface area contributed by atoms with Crippen molar-refractivity contribution in [3.05, 3.63) is 23.8 Å². The van der Waals surface area contributed by atoms with Gasteiger partial charge >= 0.3 is 0 Å². The molecule has 0 aromatic heterocycles. The van der Waals surface area contributed by atoms with Gasteiger partial charge < -0.3 is 11.5 Å². The van der Waals surface area contributed by atoms with E-state index in [0.717, 1.165) is 4.31 Å². The van der Waals surface area contributed by atoms with Crippen LogP contribution in [0.15, 0.2) is 17.0 Å². The average Bonchev–Trinajstić information content (AvgIpc) is 2.83. The number of hydrogen-bond acceptors (Lipinski definition) is 4. The number of nitrogens with two attached hydrogens (primary N) is 2. The van der Waals surface area contributed by atoms with Crippen LogP contribution in [0.1, 0.15) is 12.8 Å². The van der Waals surface area contributed by atoms with Crippen LogP contribution in [0.2, 0.25) is 0 Å². The van der Waals surface area contributed by atoms with Crippen LogP contribution in [0.5, 0.6) is 0 Å². The van der Waals surface area contributed by atoms with E-state index in [4.69, 9.17) is 11.5 Å². The number of sulfonamides is 1. The van der Waals surface area contributed by atoms with Crippen LogP contribution >= 0.6 is 0 Å². The lowest BCUT2D eigenvalue weighted by molar-refractivity contribution is -0.121. The lowest BCUT2D eigenvalue weighted by Crippen LogP contribution is -2.43. The molecule has 6 nitrogen and oxygen atoms in total. The largest absolute Gasteiger partial charge is 0.396 e. The predicted octanol–water partition coefficient (Wildman–Crippen LogP) is 0.185. The maximum absolute atomic E-state index is 13.7. The number of hydrogen-bond donors (Lipinski definition) is 2. The summed E-state index contributed by atoms with van der Waals surface area (Å²) >= 11 is 0. The summed E-state index contributed by atoms with van der Waals surface area (Å²) in [5.41, 5.74) is 9.91. The van der Waals surface area contributed by atoms with Crippen molar-refractivity contribution in [2.75, 3.05) is 12.3 Å². The Bertz CT molecular complexity index is 663. The summed E-state index contributed by atoms with van der Waals surface area (Å²) in [6.07, 6.45) is 0.706. The molecular formula is C11H13F2N3O3S.